The van der Waals surface area contributed by atoms with Crippen LogP contribution < -0.4 is 15.0 Å². The van der Waals surface area contributed by atoms with E-state index in [9.17, 15) is 4.79 Å². The second-order valence-corrected chi connectivity index (χ2v) is 7.11. The van der Waals surface area contributed by atoms with Gasteiger partial charge in [-0.3, -0.25) is 4.79 Å². The van der Waals surface area contributed by atoms with Gasteiger partial charge in [-0.2, -0.15) is 0 Å². The topological polar surface area (TPSA) is 95.6 Å². The fourth-order valence-corrected chi connectivity index (χ4v) is 3.66. The van der Waals surface area contributed by atoms with Gasteiger partial charge in [-0.05, 0) is 59.0 Å². The molecular weight excluding hydrogens is 384 g/mol. The molecule has 1 aliphatic rings. The van der Waals surface area contributed by atoms with Gasteiger partial charge in [-0.25, -0.2) is 4.68 Å². The van der Waals surface area contributed by atoms with Crippen LogP contribution in [-0.2, 0) is 4.74 Å². The summed E-state index contributed by atoms with van der Waals surface area (Å²) < 4.78 is 12.3. The van der Waals surface area contributed by atoms with Gasteiger partial charge in [-0.1, -0.05) is 0 Å². The Morgan fingerprint density at radius 3 is 2.53 bits per heavy atom. The molecule has 1 atom stereocenters. The zero-order valence-corrected chi connectivity index (χ0v) is 16.8. The van der Waals surface area contributed by atoms with Crippen molar-refractivity contribution in [3.8, 4) is 11.4 Å². The lowest BCUT2D eigenvalue weighted by Gasteiger charge is -2.32. The number of morpholine rings is 1. The Labute approximate surface area is 174 Å². The fraction of sp³-hybridized carbons (Fsp3) is 0.333. The van der Waals surface area contributed by atoms with Gasteiger partial charge in [0.05, 0.1) is 32.6 Å². The highest BCUT2D eigenvalue weighted by Crippen LogP contribution is 2.16. The molecule has 4 rings (SSSR count). The molecular formula is C21H25N6O3+. The maximum absolute atomic E-state index is 12.7. The molecule has 1 fully saturated rings. The molecule has 156 valence electrons. The van der Waals surface area contributed by atoms with Gasteiger partial charge in [-0.15, -0.1) is 5.10 Å². The van der Waals surface area contributed by atoms with Crippen molar-refractivity contribution in [3.63, 3.8) is 0 Å². The lowest BCUT2D eigenvalue weighted by Crippen LogP contribution is -3.15. The number of rotatable bonds is 7. The first-order chi connectivity index (χ1) is 14.7. The average molecular weight is 409 g/mol. The Bertz CT molecular complexity index is 938. The number of tetrazole rings is 1. The second-order valence-electron chi connectivity index (χ2n) is 7.11. The van der Waals surface area contributed by atoms with E-state index >= 15 is 0 Å². The van der Waals surface area contributed by atoms with Gasteiger partial charge < -0.3 is 19.7 Å². The van der Waals surface area contributed by atoms with E-state index in [0.717, 1.165) is 37.7 Å². The maximum atomic E-state index is 12.7. The number of ether oxygens (including phenoxy) is 2. The van der Waals surface area contributed by atoms with Crippen molar-refractivity contribution >= 4 is 5.91 Å². The molecule has 0 radical (unpaired) electrons. The molecule has 0 bridgehead atoms. The summed E-state index contributed by atoms with van der Waals surface area (Å²) in [4.78, 5) is 14.2. The first-order valence-corrected chi connectivity index (χ1v) is 9.92. The Balaban J connectivity index is 1.45. The number of methoxy groups -OCH3 is 1. The number of benzene rings is 2. The molecule has 2 aromatic carbocycles. The summed E-state index contributed by atoms with van der Waals surface area (Å²) in [6, 6.07) is 15.4. The Hall–Kier alpha value is -3.30. The van der Waals surface area contributed by atoms with Crippen molar-refractivity contribution in [2.24, 2.45) is 0 Å². The molecule has 2 heterocycles. The molecule has 1 saturated heterocycles. The molecule has 1 aliphatic heterocycles. The molecule has 30 heavy (non-hydrogen) atoms. The maximum Gasteiger partial charge on any atom is 0.251 e. The van der Waals surface area contributed by atoms with Gasteiger partial charge >= 0.3 is 0 Å². The molecule has 1 aromatic heterocycles. The summed E-state index contributed by atoms with van der Waals surface area (Å²) in [5.41, 5.74) is 2.56. The van der Waals surface area contributed by atoms with Gasteiger partial charge in [0.1, 0.15) is 31.2 Å². The number of amides is 1. The van der Waals surface area contributed by atoms with Crippen molar-refractivity contribution in [1.29, 1.82) is 0 Å². The van der Waals surface area contributed by atoms with Gasteiger partial charge in [0.15, 0.2) is 0 Å². The largest absolute Gasteiger partial charge is 0.497 e. The molecule has 1 amide bonds. The Kier molecular flexibility index (Phi) is 6.31. The van der Waals surface area contributed by atoms with Crippen molar-refractivity contribution in [1.82, 2.24) is 25.5 Å². The van der Waals surface area contributed by atoms with Crippen LogP contribution in [0.5, 0.6) is 5.75 Å². The number of quaternary nitrogens is 1. The fourth-order valence-electron chi connectivity index (χ4n) is 3.66. The zero-order chi connectivity index (χ0) is 20.8. The van der Waals surface area contributed by atoms with E-state index in [1.165, 1.54) is 16.8 Å². The van der Waals surface area contributed by atoms with Crippen LogP contribution in [0.3, 0.4) is 0 Å². The Morgan fingerprint density at radius 2 is 1.90 bits per heavy atom. The SMILES string of the molecule is COc1ccc([C@@H](CNC(=O)c2ccc(-n3cnnn3)cc2)[NH+]2CCOCC2)cc1. The normalized spacial score (nSPS) is 15.5. The van der Waals surface area contributed by atoms with E-state index in [1.807, 2.05) is 24.3 Å². The number of nitrogens with zero attached hydrogens (tertiary/aromatic N) is 4. The van der Waals surface area contributed by atoms with Crippen LogP contribution in [0, 0.1) is 0 Å². The van der Waals surface area contributed by atoms with E-state index in [-0.39, 0.29) is 11.9 Å². The van der Waals surface area contributed by atoms with E-state index in [4.69, 9.17) is 9.47 Å². The predicted molar refractivity (Wildman–Crippen MR) is 109 cm³/mol. The first-order valence-electron chi connectivity index (χ1n) is 9.92. The van der Waals surface area contributed by atoms with E-state index in [1.54, 1.807) is 23.9 Å². The van der Waals surface area contributed by atoms with Gasteiger partial charge in [0.25, 0.3) is 5.91 Å². The van der Waals surface area contributed by atoms with Crippen molar-refractivity contribution in [2.75, 3.05) is 40.0 Å². The van der Waals surface area contributed by atoms with Crippen LogP contribution >= 0.6 is 0 Å². The van der Waals surface area contributed by atoms with Crippen molar-refractivity contribution < 1.29 is 19.2 Å². The molecule has 0 saturated carbocycles. The van der Waals surface area contributed by atoms with E-state index in [2.05, 4.69) is 33.0 Å². The summed E-state index contributed by atoms with van der Waals surface area (Å²) >= 11 is 0. The molecule has 0 unspecified atom stereocenters. The lowest BCUT2D eigenvalue weighted by molar-refractivity contribution is -0.937. The molecule has 0 spiro atoms. The molecule has 0 aliphatic carbocycles. The summed E-state index contributed by atoms with van der Waals surface area (Å²) in [6.07, 6.45) is 1.51. The second kappa shape index (κ2) is 9.47. The number of carbonyl (C=O) groups excluding carboxylic acids is 1. The lowest BCUT2D eigenvalue weighted by atomic mass is 10.0. The van der Waals surface area contributed by atoms with Crippen molar-refractivity contribution in [2.45, 2.75) is 6.04 Å². The average Bonchev–Trinajstić information content (AvgIpc) is 3.35. The molecule has 2 N–H and O–H groups in total. The highest BCUT2D eigenvalue weighted by molar-refractivity contribution is 5.94. The Morgan fingerprint density at radius 1 is 1.17 bits per heavy atom. The summed E-state index contributed by atoms with van der Waals surface area (Å²) in [5, 5.41) is 14.2. The van der Waals surface area contributed by atoms with Crippen LogP contribution in [0.2, 0.25) is 0 Å². The van der Waals surface area contributed by atoms with E-state index in [0.29, 0.717) is 12.1 Å². The minimum atomic E-state index is -0.107. The van der Waals surface area contributed by atoms with Gasteiger partial charge in [0.2, 0.25) is 0 Å². The molecule has 9 heteroatoms. The van der Waals surface area contributed by atoms with Crippen LogP contribution in [0.4, 0.5) is 0 Å². The smallest absolute Gasteiger partial charge is 0.251 e. The predicted octanol–water partition coefficient (Wildman–Crippen LogP) is 0.0571. The molecule has 9 nitrogen and oxygen atoms in total. The van der Waals surface area contributed by atoms with Crippen LogP contribution in [-0.4, -0.2) is 66.1 Å². The van der Waals surface area contributed by atoms with Gasteiger partial charge in [0, 0.05) is 11.1 Å². The third kappa shape index (κ3) is 4.64. The monoisotopic (exact) mass is 409 g/mol. The number of hydrogen-bond donors (Lipinski definition) is 2. The quantitative estimate of drug-likeness (QED) is 0.573. The third-order valence-corrected chi connectivity index (χ3v) is 5.36. The summed E-state index contributed by atoms with van der Waals surface area (Å²) in [5.74, 6) is 0.714. The third-order valence-electron chi connectivity index (χ3n) is 5.36. The number of carbonyl (C=O) groups is 1. The number of hydrogen-bond acceptors (Lipinski definition) is 6. The van der Waals surface area contributed by atoms with Crippen LogP contribution in [0.15, 0.2) is 54.9 Å². The van der Waals surface area contributed by atoms with Crippen LogP contribution in [0.25, 0.3) is 5.69 Å². The summed E-state index contributed by atoms with van der Waals surface area (Å²) in [7, 11) is 1.66. The standard InChI is InChI=1S/C21H24N6O3/c1-29-19-8-4-16(5-9-19)20(26-10-12-30-13-11-26)14-22-21(28)17-2-6-18(7-3-17)27-15-23-24-25-27/h2-9,15,20H,10-14H2,1H3,(H,22,28)/p+1/t20-/m1/s1. The molecule has 3 aromatic rings. The zero-order valence-electron chi connectivity index (χ0n) is 16.8. The van der Waals surface area contributed by atoms with Crippen molar-refractivity contribution in [3.05, 3.63) is 66.0 Å². The highest BCUT2D eigenvalue weighted by Gasteiger charge is 2.27. The first kappa shape index (κ1) is 20.0. The number of nitrogens with one attached hydrogen (secondary N) is 2. The van der Waals surface area contributed by atoms with Crippen LogP contribution in [0.1, 0.15) is 22.0 Å². The highest BCUT2D eigenvalue weighted by atomic mass is 16.5. The number of aromatic nitrogens is 4. The minimum Gasteiger partial charge on any atom is -0.497 e. The summed E-state index contributed by atoms with van der Waals surface area (Å²) in [6.45, 7) is 3.82. The van der Waals surface area contributed by atoms with E-state index < -0.39 is 0 Å². The minimum absolute atomic E-state index is 0.107.